The van der Waals surface area contributed by atoms with E-state index in [4.69, 9.17) is 9.47 Å². The molecule has 1 aromatic carbocycles. The minimum atomic E-state index is -0.222. The van der Waals surface area contributed by atoms with E-state index < -0.39 is 0 Å². The second kappa shape index (κ2) is 12.1. The highest BCUT2D eigenvalue weighted by molar-refractivity contribution is 7.10. The highest BCUT2D eigenvalue weighted by Gasteiger charge is 2.34. The number of nitrogens with zero attached hydrogens (tertiary/aromatic N) is 2. The number of nitrogens with one attached hydrogen (secondary N) is 1. The number of hydrogen-bond acceptors (Lipinski definition) is 5. The van der Waals surface area contributed by atoms with E-state index in [0.717, 1.165) is 30.6 Å². The Kier molecular flexibility index (Phi) is 8.90. The maximum Gasteiger partial charge on any atom is 0.318 e. The molecule has 1 N–H and O–H groups in total. The molecule has 0 radical (unpaired) electrons. The zero-order chi connectivity index (χ0) is 25.7. The minimum absolute atomic E-state index is 0.00816. The molecule has 2 aliphatic heterocycles. The Hall–Kier alpha value is -2.58. The van der Waals surface area contributed by atoms with E-state index in [2.05, 4.69) is 42.7 Å². The number of urea groups is 1. The maximum atomic E-state index is 13.7. The first-order valence-corrected chi connectivity index (χ1v) is 13.9. The average Bonchev–Trinajstić information content (AvgIpc) is 3.54. The fourth-order valence-electron chi connectivity index (χ4n) is 4.84. The van der Waals surface area contributed by atoms with Crippen LogP contribution in [0.3, 0.4) is 0 Å². The molecule has 7 nitrogen and oxygen atoms in total. The molecule has 0 unspecified atom stereocenters. The summed E-state index contributed by atoms with van der Waals surface area (Å²) < 4.78 is 12.0. The predicted molar refractivity (Wildman–Crippen MR) is 143 cm³/mol. The Labute approximate surface area is 218 Å². The normalized spacial score (nSPS) is 19.4. The largest absolute Gasteiger partial charge is 0.491 e. The number of carbonyl (C=O) groups excluding carboxylic acids is 2. The zero-order valence-electron chi connectivity index (χ0n) is 21.9. The summed E-state index contributed by atoms with van der Waals surface area (Å²) in [5.74, 6) is 1.20. The van der Waals surface area contributed by atoms with Gasteiger partial charge in [0.25, 0.3) is 0 Å². The highest BCUT2D eigenvalue weighted by Crippen LogP contribution is 2.34. The van der Waals surface area contributed by atoms with Gasteiger partial charge in [-0.05, 0) is 73.7 Å². The molecule has 0 aliphatic carbocycles. The Morgan fingerprint density at radius 3 is 2.64 bits per heavy atom. The van der Waals surface area contributed by atoms with Crippen molar-refractivity contribution in [1.82, 2.24) is 15.1 Å². The Balaban J connectivity index is 1.47. The quantitative estimate of drug-likeness (QED) is 0.514. The van der Waals surface area contributed by atoms with Crippen molar-refractivity contribution >= 4 is 23.3 Å². The molecule has 1 fully saturated rings. The topological polar surface area (TPSA) is 71.1 Å². The van der Waals surface area contributed by atoms with Crippen molar-refractivity contribution in [2.45, 2.75) is 71.1 Å². The summed E-state index contributed by atoms with van der Waals surface area (Å²) in [7, 11) is 0. The van der Waals surface area contributed by atoms with E-state index in [-0.39, 0.29) is 36.7 Å². The Bertz CT molecular complexity index is 1010. The van der Waals surface area contributed by atoms with Gasteiger partial charge < -0.3 is 24.6 Å². The number of ether oxygens (including phenoxy) is 2. The summed E-state index contributed by atoms with van der Waals surface area (Å²) in [5, 5.41) is 5.03. The molecule has 4 rings (SSSR count). The fraction of sp³-hybridized carbons (Fsp3) is 0.571. The van der Waals surface area contributed by atoms with Crippen LogP contribution >= 0.6 is 11.3 Å². The van der Waals surface area contributed by atoms with Gasteiger partial charge in [0, 0.05) is 30.6 Å². The summed E-state index contributed by atoms with van der Waals surface area (Å²) in [6, 6.07) is 9.87. The van der Waals surface area contributed by atoms with Crippen LogP contribution in [0.2, 0.25) is 0 Å². The second-order valence-corrected chi connectivity index (χ2v) is 11.3. The van der Waals surface area contributed by atoms with E-state index in [0.29, 0.717) is 32.2 Å². The summed E-state index contributed by atoms with van der Waals surface area (Å²) in [4.78, 5) is 31.4. The number of fused-ring (bicyclic) bond motifs is 1. The first-order chi connectivity index (χ1) is 17.3. The maximum absolute atomic E-state index is 13.7. The number of amides is 3. The van der Waals surface area contributed by atoms with Gasteiger partial charge in [-0.2, -0.15) is 0 Å². The third-order valence-corrected chi connectivity index (χ3v) is 7.84. The molecule has 8 heteroatoms. The number of thiophene rings is 1. The van der Waals surface area contributed by atoms with Crippen LogP contribution in [0.5, 0.6) is 5.75 Å². The second-order valence-electron chi connectivity index (χ2n) is 10.3. The average molecular weight is 514 g/mol. The molecule has 0 bridgehead atoms. The van der Waals surface area contributed by atoms with Crippen molar-refractivity contribution in [1.29, 1.82) is 0 Å². The van der Waals surface area contributed by atoms with Gasteiger partial charge in [0.1, 0.15) is 18.9 Å². The summed E-state index contributed by atoms with van der Waals surface area (Å²) >= 11 is 1.73. The molecule has 2 atom stereocenters. The molecule has 1 aromatic heterocycles. The van der Waals surface area contributed by atoms with Gasteiger partial charge in [-0.15, -0.1) is 11.3 Å². The van der Waals surface area contributed by atoms with Crippen molar-refractivity contribution in [2.24, 2.45) is 0 Å². The summed E-state index contributed by atoms with van der Waals surface area (Å²) in [6.45, 7) is 10.3. The van der Waals surface area contributed by atoms with Gasteiger partial charge in [-0.1, -0.05) is 26.0 Å². The van der Waals surface area contributed by atoms with Crippen LogP contribution < -0.4 is 10.1 Å². The van der Waals surface area contributed by atoms with Crippen LogP contribution in [-0.2, 0) is 16.0 Å². The zero-order valence-corrected chi connectivity index (χ0v) is 22.7. The fourth-order valence-corrected chi connectivity index (χ4v) is 5.77. The third kappa shape index (κ3) is 6.59. The standard InChI is InChI=1S/C28H39N3O4S/c1-19(2)21-7-9-22(10-8-21)35-18-25-24-12-15-36-26(24)11-13-31(25)27(32)17-30(28(33)29-20(3)4)16-23-6-5-14-34-23/h7-10,12,15,19-20,23,25H,5-6,11,13-14,16-18H2,1-4H3,(H,29,33)/t23-,25-/m0/s1. The first kappa shape index (κ1) is 26.5. The first-order valence-electron chi connectivity index (χ1n) is 13.1. The molecule has 0 saturated carbocycles. The van der Waals surface area contributed by atoms with Gasteiger partial charge in [-0.25, -0.2) is 4.79 Å². The molecule has 1 saturated heterocycles. The van der Waals surface area contributed by atoms with E-state index in [1.54, 1.807) is 16.2 Å². The highest BCUT2D eigenvalue weighted by atomic mass is 32.1. The molecular weight excluding hydrogens is 474 g/mol. The summed E-state index contributed by atoms with van der Waals surface area (Å²) in [6.07, 6.45) is 2.70. The molecule has 2 aromatic rings. The van der Waals surface area contributed by atoms with Crippen molar-refractivity contribution in [3.8, 4) is 5.75 Å². The van der Waals surface area contributed by atoms with Gasteiger partial charge in [-0.3, -0.25) is 4.79 Å². The van der Waals surface area contributed by atoms with Crippen LogP contribution in [-0.4, -0.2) is 66.7 Å². The van der Waals surface area contributed by atoms with Crippen molar-refractivity contribution in [2.75, 3.05) is 32.8 Å². The van der Waals surface area contributed by atoms with E-state index in [1.807, 2.05) is 30.9 Å². The molecule has 2 aliphatic rings. The Morgan fingerprint density at radius 1 is 1.19 bits per heavy atom. The molecule has 0 spiro atoms. The number of rotatable bonds is 9. The van der Waals surface area contributed by atoms with Gasteiger partial charge in [0.2, 0.25) is 5.91 Å². The molecule has 3 amide bonds. The lowest BCUT2D eigenvalue weighted by molar-refractivity contribution is -0.135. The molecule has 3 heterocycles. The molecule has 36 heavy (non-hydrogen) atoms. The van der Waals surface area contributed by atoms with E-state index in [1.165, 1.54) is 10.4 Å². The van der Waals surface area contributed by atoms with Crippen LogP contribution in [0.15, 0.2) is 35.7 Å². The van der Waals surface area contributed by atoms with Crippen LogP contribution in [0, 0.1) is 0 Å². The third-order valence-electron chi connectivity index (χ3n) is 6.84. The monoisotopic (exact) mass is 513 g/mol. The van der Waals surface area contributed by atoms with Gasteiger partial charge in [0.05, 0.1) is 12.1 Å². The van der Waals surface area contributed by atoms with E-state index in [9.17, 15) is 9.59 Å². The lowest BCUT2D eigenvalue weighted by Crippen LogP contribution is -2.52. The van der Waals surface area contributed by atoms with Crippen LogP contribution in [0.4, 0.5) is 4.79 Å². The Morgan fingerprint density at radius 2 is 1.97 bits per heavy atom. The van der Waals surface area contributed by atoms with Crippen molar-refractivity contribution in [3.63, 3.8) is 0 Å². The van der Waals surface area contributed by atoms with Crippen molar-refractivity contribution in [3.05, 3.63) is 51.7 Å². The summed E-state index contributed by atoms with van der Waals surface area (Å²) in [5.41, 5.74) is 2.42. The minimum Gasteiger partial charge on any atom is -0.491 e. The van der Waals surface area contributed by atoms with Crippen molar-refractivity contribution < 1.29 is 19.1 Å². The lowest BCUT2D eigenvalue weighted by atomic mass is 10.00. The molecular formula is C28H39N3O4S. The smallest absolute Gasteiger partial charge is 0.318 e. The lowest BCUT2D eigenvalue weighted by Gasteiger charge is -2.37. The number of carbonyl (C=O) groups is 2. The van der Waals surface area contributed by atoms with Gasteiger partial charge in [0.15, 0.2) is 0 Å². The van der Waals surface area contributed by atoms with Crippen LogP contribution in [0.1, 0.15) is 68.5 Å². The predicted octanol–water partition coefficient (Wildman–Crippen LogP) is 4.98. The SMILES string of the molecule is CC(C)NC(=O)N(CC(=O)N1CCc2sccc2[C@@H]1COc1ccc(C(C)C)cc1)C[C@@H]1CCCO1. The van der Waals surface area contributed by atoms with Crippen LogP contribution in [0.25, 0.3) is 0 Å². The van der Waals surface area contributed by atoms with E-state index >= 15 is 0 Å². The molecule has 196 valence electrons. The number of benzene rings is 1. The number of hydrogen-bond donors (Lipinski definition) is 1. The van der Waals surface area contributed by atoms with Gasteiger partial charge >= 0.3 is 6.03 Å².